The lowest BCUT2D eigenvalue weighted by atomic mass is 10.0. The molecule has 154 valence electrons. The number of nitrogens with one attached hydrogen (secondary N) is 1. The Morgan fingerprint density at radius 3 is 2.87 bits per heavy atom. The van der Waals surface area contributed by atoms with E-state index in [1.165, 1.54) is 0 Å². The average molecular weight is 406 g/mol. The molecule has 9 heteroatoms. The number of anilines is 1. The summed E-state index contributed by atoms with van der Waals surface area (Å²) < 4.78 is 5.40. The van der Waals surface area contributed by atoms with Crippen molar-refractivity contribution in [3.05, 3.63) is 48.4 Å². The standard InChI is InChI=1S/C21H22N6O3/c22-5-12-30-15-3-4-18-16(13-15)17(14-25-18)19(20(28)29)26-8-2-9-27(11-10-26)21-23-6-1-7-24-21/h1,3-4,6-7,13-14,19,25H,2,8-12H2,(H,28,29). The summed E-state index contributed by atoms with van der Waals surface area (Å²) in [5, 5.41) is 19.6. The fourth-order valence-corrected chi connectivity index (χ4v) is 3.89. The number of carbonyl (C=O) groups is 1. The van der Waals surface area contributed by atoms with E-state index in [4.69, 9.17) is 10.00 Å². The highest BCUT2D eigenvalue weighted by Crippen LogP contribution is 2.32. The van der Waals surface area contributed by atoms with Crippen LogP contribution in [0.1, 0.15) is 18.0 Å². The van der Waals surface area contributed by atoms with Gasteiger partial charge in [-0.3, -0.25) is 9.69 Å². The highest BCUT2D eigenvalue weighted by Gasteiger charge is 2.31. The fraction of sp³-hybridized carbons (Fsp3) is 0.333. The maximum Gasteiger partial charge on any atom is 0.325 e. The zero-order valence-electron chi connectivity index (χ0n) is 16.4. The number of benzene rings is 1. The predicted octanol–water partition coefficient (Wildman–Crippen LogP) is 2.20. The molecule has 30 heavy (non-hydrogen) atoms. The van der Waals surface area contributed by atoms with Gasteiger partial charge in [0.25, 0.3) is 0 Å². The second kappa shape index (κ2) is 8.80. The number of rotatable bonds is 6. The van der Waals surface area contributed by atoms with E-state index in [-0.39, 0.29) is 6.61 Å². The first-order valence-corrected chi connectivity index (χ1v) is 9.77. The smallest absolute Gasteiger partial charge is 0.325 e. The maximum absolute atomic E-state index is 12.3. The van der Waals surface area contributed by atoms with Crippen LogP contribution in [0.15, 0.2) is 42.9 Å². The molecule has 1 fully saturated rings. The number of H-pyrrole nitrogens is 1. The molecule has 3 aromatic rings. The second-order valence-corrected chi connectivity index (χ2v) is 7.06. The zero-order chi connectivity index (χ0) is 20.9. The van der Waals surface area contributed by atoms with Crippen molar-refractivity contribution in [2.45, 2.75) is 12.5 Å². The Morgan fingerprint density at radius 1 is 1.27 bits per heavy atom. The molecule has 4 rings (SSSR count). The van der Waals surface area contributed by atoms with E-state index in [9.17, 15) is 9.90 Å². The van der Waals surface area contributed by atoms with Gasteiger partial charge in [0.1, 0.15) is 17.9 Å². The van der Waals surface area contributed by atoms with Crippen LogP contribution < -0.4 is 9.64 Å². The van der Waals surface area contributed by atoms with E-state index in [0.717, 1.165) is 23.9 Å². The molecule has 0 bridgehead atoms. The number of ether oxygens (including phenoxy) is 1. The Hall–Kier alpha value is -3.64. The van der Waals surface area contributed by atoms with Gasteiger partial charge in [-0.05, 0) is 30.7 Å². The molecule has 0 saturated carbocycles. The lowest BCUT2D eigenvalue weighted by molar-refractivity contribution is -0.143. The highest BCUT2D eigenvalue weighted by atomic mass is 16.5. The van der Waals surface area contributed by atoms with Crippen molar-refractivity contribution < 1.29 is 14.6 Å². The minimum Gasteiger partial charge on any atom is -0.480 e. The topological polar surface area (TPSA) is 118 Å². The van der Waals surface area contributed by atoms with Crippen molar-refractivity contribution >= 4 is 22.8 Å². The number of aliphatic carboxylic acids is 1. The Kier molecular flexibility index (Phi) is 5.77. The van der Waals surface area contributed by atoms with Crippen molar-refractivity contribution in [1.29, 1.82) is 5.26 Å². The van der Waals surface area contributed by atoms with Crippen molar-refractivity contribution in [1.82, 2.24) is 19.9 Å². The third-order valence-electron chi connectivity index (χ3n) is 5.25. The Bertz CT molecular complexity index is 1060. The molecule has 1 aliphatic heterocycles. The van der Waals surface area contributed by atoms with Crippen LogP contribution in [0.3, 0.4) is 0 Å². The van der Waals surface area contributed by atoms with Gasteiger partial charge in [-0.15, -0.1) is 0 Å². The molecule has 2 N–H and O–H groups in total. The van der Waals surface area contributed by atoms with Gasteiger partial charge in [0.15, 0.2) is 6.61 Å². The predicted molar refractivity (Wildman–Crippen MR) is 110 cm³/mol. The number of carboxylic acids is 1. The quantitative estimate of drug-likeness (QED) is 0.640. The van der Waals surface area contributed by atoms with Gasteiger partial charge < -0.3 is 19.7 Å². The normalized spacial score (nSPS) is 16.0. The Morgan fingerprint density at radius 2 is 2.10 bits per heavy atom. The third-order valence-corrected chi connectivity index (χ3v) is 5.25. The number of hydrogen-bond acceptors (Lipinski definition) is 7. The number of aromatic nitrogens is 3. The molecule has 9 nitrogen and oxygen atoms in total. The van der Waals surface area contributed by atoms with E-state index in [1.807, 2.05) is 17.0 Å². The molecule has 1 atom stereocenters. The van der Waals surface area contributed by atoms with Crippen LogP contribution in [0.2, 0.25) is 0 Å². The summed E-state index contributed by atoms with van der Waals surface area (Å²) in [5.74, 6) is 0.304. The molecule has 1 unspecified atom stereocenters. The molecule has 1 aromatic carbocycles. The lowest BCUT2D eigenvalue weighted by Gasteiger charge is -2.27. The van der Waals surface area contributed by atoms with E-state index in [2.05, 4.69) is 19.9 Å². The SMILES string of the molecule is N#CCOc1ccc2[nH]cc(C(C(=O)O)N3CCCN(c4ncccn4)CC3)c2c1. The van der Waals surface area contributed by atoms with Crippen molar-refractivity contribution in [3.8, 4) is 11.8 Å². The van der Waals surface area contributed by atoms with Gasteiger partial charge in [-0.1, -0.05) is 0 Å². The molecule has 1 saturated heterocycles. The van der Waals surface area contributed by atoms with Crippen LogP contribution in [-0.2, 0) is 4.79 Å². The van der Waals surface area contributed by atoms with Crippen molar-refractivity contribution in [2.75, 3.05) is 37.7 Å². The third kappa shape index (κ3) is 4.04. The maximum atomic E-state index is 12.3. The molecule has 1 aliphatic rings. The molecule has 2 aromatic heterocycles. The van der Waals surface area contributed by atoms with Crippen LogP contribution in [0.25, 0.3) is 10.9 Å². The zero-order valence-corrected chi connectivity index (χ0v) is 16.4. The number of nitrogens with zero attached hydrogens (tertiary/aromatic N) is 5. The van der Waals surface area contributed by atoms with Crippen molar-refractivity contribution in [3.63, 3.8) is 0 Å². The first-order valence-electron chi connectivity index (χ1n) is 9.77. The molecule has 0 spiro atoms. The summed E-state index contributed by atoms with van der Waals surface area (Å²) in [6.07, 6.45) is 5.98. The summed E-state index contributed by atoms with van der Waals surface area (Å²) in [6, 6.07) is 8.32. The summed E-state index contributed by atoms with van der Waals surface area (Å²) in [7, 11) is 0. The van der Waals surface area contributed by atoms with E-state index >= 15 is 0 Å². The van der Waals surface area contributed by atoms with E-state index in [0.29, 0.717) is 36.9 Å². The number of nitriles is 1. The van der Waals surface area contributed by atoms with Crippen LogP contribution in [-0.4, -0.2) is 63.7 Å². The minimum atomic E-state index is -0.899. The lowest BCUT2D eigenvalue weighted by Crippen LogP contribution is -2.37. The summed E-state index contributed by atoms with van der Waals surface area (Å²) in [5.41, 5.74) is 1.51. The first kappa shape index (κ1) is 19.7. The van der Waals surface area contributed by atoms with Crippen LogP contribution >= 0.6 is 0 Å². The molecule has 0 radical (unpaired) electrons. The largest absolute Gasteiger partial charge is 0.480 e. The summed E-state index contributed by atoms with van der Waals surface area (Å²) in [4.78, 5) is 28.1. The van der Waals surface area contributed by atoms with Crippen molar-refractivity contribution in [2.24, 2.45) is 0 Å². The number of fused-ring (bicyclic) bond motifs is 1. The first-order chi connectivity index (χ1) is 14.7. The summed E-state index contributed by atoms with van der Waals surface area (Å²) in [6.45, 7) is 2.58. The van der Waals surface area contributed by atoms with Gasteiger partial charge >= 0.3 is 5.97 Å². The van der Waals surface area contributed by atoms with Crippen LogP contribution in [0.4, 0.5) is 5.95 Å². The van der Waals surface area contributed by atoms with Crippen LogP contribution in [0, 0.1) is 11.3 Å². The number of carboxylic acid groups (broad SMARTS) is 1. The van der Waals surface area contributed by atoms with Gasteiger partial charge in [0, 0.05) is 61.2 Å². The van der Waals surface area contributed by atoms with Gasteiger partial charge in [-0.2, -0.15) is 5.26 Å². The Balaban J connectivity index is 1.60. The van der Waals surface area contributed by atoms with Gasteiger partial charge in [-0.25, -0.2) is 9.97 Å². The summed E-state index contributed by atoms with van der Waals surface area (Å²) >= 11 is 0. The molecule has 3 heterocycles. The molecular weight excluding hydrogens is 384 g/mol. The van der Waals surface area contributed by atoms with Gasteiger partial charge in [0.2, 0.25) is 5.95 Å². The molecule has 0 amide bonds. The number of hydrogen-bond donors (Lipinski definition) is 2. The number of aromatic amines is 1. The second-order valence-electron chi connectivity index (χ2n) is 7.06. The van der Waals surface area contributed by atoms with Crippen LogP contribution in [0.5, 0.6) is 5.75 Å². The highest BCUT2D eigenvalue weighted by molar-refractivity contribution is 5.90. The molecule has 0 aliphatic carbocycles. The van der Waals surface area contributed by atoms with E-state index in [1.54, 1.807) is 36.8 Å². The van der Waals surface area contributed by atoms with Gasteiger partial charge in [0.05, 0.1) is 0 Å². The Labute approximate surface area is 173 Å². The monoisotopic (exact) mass is 406 g/mol. The fourth-order valence-electron chi connectivity index (χ4n) is 3.89. The van der Waals surface area contributed by atoms with E-state index < -0.39 is 12.0 Å². The average Bonchev–Trinajstić information content (AvgIpc) is 3.01. The molecular formula is C21H22N6O3. The minimum absolute atomic E-state index is 0.0584.